The molecule has 3 nitrogen and oxygen atoms in total. The second kappa shape index (κ2) is 30.6. The number of rotatable bonds is 18. The monoisotopic (exact) mass is 1610 g/mol. The third-order valence-corrected chi connectivity index (χ3v) is 27.7. The van der Waals surface area contributed by atoms with E-state index in [0.29, 0.717) is 19.6 Å². The van der Waals surface area contributed by atoms with Crippen LogP contribution in [0.3, 0.4) is 0 Å². The molecule has 0 aliphatic carbocycles. The molecule has 23 aromatic rings. The van der Waals surface area contributed by atoms with Gasteiger partial charge in [-0.25, -0.2) is 0 Å². The van der Waals surface area contributed by atoms with Gasteiger partial charge in [0.2, 0.25) is 0 Å². The molecule has 0 spiro atoms. The Morgan fingerprint density at radius 2 is 0.496 bits per heavy atom. The van der Waals surface area contributed by atoms with Gasteiger partial charge >= 0.3 is 0 Å². The van der Waals surface area contributed by atoms with Crippen molar-refractivity contribution >= 4 is 143 Å². The van der Waals surface area contributed by atoms with E-state index in [9.17, 15) is 0 Å². The molecule has 0 amide bonds. The largest absolute Gasteiger partial charge is 0.342 e. The minimum atomic E-state index is -0.242. The molecule has 2 aliphatic heterocycles. The summed E-state index contributed by atoms with van der Waals surface area (Å²) >= 11 is 0. The van der Waals surface area contributed by atoms with E-state index in [1.807, 2.05) is 0 Å². The van der Waals surface area contributed by atoms with Crippen LogP contribution in [0.15, 0.2) is 449 Å². The summed E-state index contributed by atoms with van der Waals surface area (Å²) in [5, 5.41) is 20.6. The van der Waals surface area contributed by atoms with Gasteiger partial charge in [-0.1, -0.05) is 376 Å². The Bertz CT molecular complexity index is 7600. The van der Waals surface area contributed by atoms with Gasteiger partial charge in [0.05, 0.1) is 0 Å². The van der Waals surface area contributed by atoms with Crippen molar-refractivity contribution in [2.45, 2.75) is 19.4 Å². The van der Waals surface area contributed by atoms with E-state index in [2.05, 4.69) is 464 Å². The molecule has 0 unspecified atom stereocenters. The highest BCUT2D eigenvalue weighted by Crippen LogP contribution is 2.49. The van der Waals surface area contributed by atoms with E-state index in [1.165, 1.54) is 231 Å². The second-order valence-corrected chi connectivity index (χ2v) is 34.6. The smallest absolute Gasteiger partial charge is 0.252 e. The molecule has 2 aliphatic rings. The van der Waals surface area contributed by atoms with Gasteiger partial charge in [-0.2, -0.15) is 0 Å². The van der Waals surface area contributed by atoms with Gasteiger partial charge in [-0.05, 0) is 294 Å². The Balaban J connectivity index is 0.758. The first-order valence-electron chi connectivity index (χ1n) is 44.7. The van der Waals surface area contributed by atoms with Crippen LogP contribution >= 0.6 is 0 Å². The molecule has 0 saturated heterocycles. The van der Waals surface area contributed by atoms with Crippen molar-refractivity contribution in [3.63, 3.8) is 0 Å². The van der Waals surface area contributed by atoms with Gasteiger partial charge in [0.1, 0.15) is 0 Å². The maximum atomic E-state index is 2.77. The predicted octanol–water partition coefficient (Wildman–Crippen LogP) is 30.4. The summed E-state index contributed by atoms with van der Waals surface area (Å²) in [7, 11) is 0. The number of anilines is 6. The topological polar surface area (TPSA) is 9.72 Å². The minimum absolute atomic E-state index is 0.242. The lowest BCUT2D eigenvalue weighted by Crippen LogP contribution is -2.62. The van der Waals surface area contributed by atoms with Crippen molar-refractivity contribution in [1.82, 2.24) is 0 Å². The summed E-state index contributed by atoms with van der Waals surface area (Å²) in [5.41, 5.74) is 34.1. The fraction of sp³-hybridized carbons (Fsp3) is 0.0407. The van der Waals surface area contributed by atoms with E-state index < -0.39 is 0 Å². The highest BCUT2D eigenvalue weighted by molar-refractivity contribution is 7.00. The van der Waals surface area contributed by atoms with Gasteiger partial charge in [0.25, 0.3) is 6.71 Å². The molecule has 594 valence electrons. The molecule has 127 heavy (non-hydrogen) atoms. The van der Waals surface area contributed by atoms with Crippen molar-refractivity contribution in [3.05, 3.63) is 466 Å². The average Bonchev–Trinajstić information content (AvgIpc) is 0.694. The summed E-state index contributed by atoms with van der Waals surface area (Å²) in [5.74, 6) is 0. The summed E-state index contributed by atoms with van der Waals surface area (Å²) in [6, 6.07) is 170. The lowest BCUT2D eigenvalue weighted by atomic mass is 9.33. The first kappa shape index (κ1) is 73.8. The van der Waals surface area contributed by atoms with E-state index in [1.54, 1.807) is 0 Å². The number of nitrogens with zero attached hydrogens (tertiary/aromatic N) is 3. The Labute approximate surface area is 740 Å². The van der Waals surface area contributed by atoms with Crippen molar-refractivity contribution in [2.24, 2.45) is 0 Å². The van der Waals surface area contributed by atoms with Gasteiger partial charge in [0, 0.05) is 53.8 Å². The van der Waals surface area contributed by atoms with Gasteiger partial charge in [0.15, 0.2) is 0 Å². The molecular weight excluding hydrogens is 1530 g/mol. The molecule has 25 rings (SSSR count). The number of fused-ring (bicyclic) bond motifs is 8. The van der Waals surface area contributed by atoms with E-state index in [4.69, 9.17) is 0 Å². The molecule has 0 radical (unpaired) electrons. The number of hydrogen-bond acceptors (Lipinski definition) is 3. The van der Waals surface area contributed by atoms with Crippen LogP contribution in [0.4, 0.5) is 34.1 Å². The quantitative estimate of drug-likeness (QED) is 0.0482. The molecule has 2 heterocycles. The zero-order valence-electron chi connectivity index (χ0n) is 70.2. The fourth-order valence-electron chi connectivity index (χ4n) is 22.0. The zero-order valence-corrected chi connectivity index (χ0v) is 70.2. The molecular formula is C123H84BN3. The van der Waals surface area contributed by atoms with Gasteiger partial charge < -0.3 is 14.7 Å². The number of benzene rings is 23. The van der Waals surface area contributed by atoms with Crippen LogP contribution in [0.1, 0.15) is 16.7 Å². The summed E-state index contributed by atoms with van der Waals surface area (Å²) < 4.78 is 0. The first-order valence-corrected chi connectivity index (χ1v) is 44.7. The van der Waals surface area contributed by atoms with E-state index in [-0.39, 0.29) is 6.71 Å². The Morgan fingerprint density at radius 3 is 0.843 bits per heavy atom. The average molecular weight is 1610 g/mol. The maximum absolute atomic E-state index is 2.77. The predicted molar refractivity (Wildman–Crippen MR) is 543 cm³/mol. The first-order chi connectivity index (χ1) is 63.0. The SMILES string of the molecule is c1ccc(-c2ccc(N(Cc3cc4c5c(c3)N(CCc3c(-c6ccccc6)cccc3-c3ccccc3)c3ccc(-c6cc7cccc8c9cccc%10cccc(c(c6)c78)c%109)cc3B5c3cc(-c5cc6cccc7c8cccc9cccc(c(c5)c67)c98)ccc3N4CCc3c(-c4ccccc4)cccc3-c3ccccc3)c3ccc(-c4ccccc4)cc3)cc2)cc1. The van der Waals surface area contributed by atoms with Crippen LogP contribution in [0.25, 0.3) is 175 Å². The molecule has 0 fully saturated rings. The van der Waals surface area contributed by atoms with Crippen LogP contribution in [0, 0.1) is 0 Å². The molecule has 0 saturated carbocycles. The lowest BCUT2D eigenvalue weighted by Gasteiger charge is -2.45. The van der Waals surface area contributed by atoms with E-state index >= 15 is 0 Å². The minimum Gasteiger partial charge on any atom is -0.342 e. The van der Waals surface area contributed by atoms with Crippen molar-refractivity contribution in [1.29, 1.82) is 0 Å². The molecule has 23 aromatic carbocycles. The maximum Gasteiger partial charge on any atom is 0.252 e. The fourth-order valence-corrected chi connectivity index (χ4v) is 22.0. The van der Waals surface area contributed by atoms with Crippen LogP contribution in [-0.2, 0) is 19.4 Å². The summed E-state index contributed by atoms with van der Waals surface area (Å²) in [6.07, 6.45) is 1.48. The van der Waals surface area contributed by atoms with Gasteiger partial charge in [-0.15, -0.1) is 0 Å². The standard InChI is InChI=1S/C123H84BN3/c1-7-27-81(28-8-1)83-55-61-97(62-56-83)127(98-63-57-84(58-64-98)82-29-9-2-10-30-82)79-80-71-117-123-118(72-80)126(70-68-104-101(87-35-15-5-16-36-87)47-26-48-102(104)88-37-17-6-18-38-88)116-66-60-92(96-74-94-44-24-52-108-106-50-20-40-90-42-22-54-110(120(90)106)112(76-96)122(94)108)78-114(116)124(123)113-77-91(95-73-93-43-23-51-107-105-49-19-39-89-41-21-53-109(119(89)105)111(75-95)121(93)107)59-65-115(113)125(117)69-67-103-99(85-31-11-3-12-32-85)45-25-46-100(103)86-33-13-4-14-34-86/h1-66,71-78H,67-70,79H2. The zero-order chi connectivity index (χ0) is 83.6. The normalized spacial score (nSPS) is 12.4. The third-order valence-electron chi connectivity index (χ3n) is 27.7. The summed E-state index contributed by atoms with van der Waals surface area (Å²) in [6.45, 7) is 1.67. The van der Waals surface area contributed by atoms with Crippen LogP contribution in [0.2, 0.25) is 0 Å². The molecule has 0 bridgehead atoms. The Hall–Kier alpha value is -15.9. The molecule has 4 heteroatoms. The number of hydrogen-bond donors (Lipinski definition) is 0. The van der Waals surface area contributed by atoms with Crippen molar-refractivity contribution in [2.75, 3.05) is 27.8 Å². The highest BCUT2D eigenvalue weighted by Gasteiger charge is 2.44. The van der Waals surface area contributed by atoms with Gasteiger partial charge in [-0.3, -0.25) is 0 Å². The van der Waals surface area contributed by atoms with Crippen molar-refractivity contribution < 1.29 is 0 Å². The molecule has 0 N–H and O–H groups in total. The molecule has 0 aromatic heterocycles. The molecule has 0 atom stereocenters. The van der Waals surface area contributed by atoms with Crippen LogP contribution in [-0.4, -0.2) is 19.8 Å². The van der Waals surface area contributed by atoms with E-state index in [0.717, 1.165) is 24.2 Å². The Morgan fingerprint density at radius 1 is 0.205 bits per heavy atom. The van der Waals surface area contributed by atoms with Crippen molar-refractivity contribution in [3.8, 4) is 89.0 Å². The Kier molecular flexibility index (Phi) is 17.8. The van der Waals surface area contributed by atoms with Crippen LogP contribution in [0.5, 0.6) is 0 Å². The second-order valence-electron chi connectivity index (χ2n) is 34.6. The lowest BCUT2D eigenvalue weighted by molar-refractivity contribution is 0.900. The summed E-state index contributed by atoms with van der Waals surface area (Å²) in [4.78, 5) is 8.09. The van der Waals surface area contributed by atoms with Crippen LogP contribution < -0.4 is 31.1 Å². The third kappa shape index (κ3) is 12.6. The highest BCUT2D eigenvalue weighted by atomic mass is 15.2.